The third kappa shape index (κ3) is 2.97. The minimum absolute atomic E-state index is 0.00344. The minimum atomic E-state index is -0.694. The Morgan fingerprint density at radius 1 is 0.484 bits per heavy atom. The molecular weight excluding hydrogens is 388 g/mol. The normalized spacial score (nSPS) is 12.5. The molecule has 0 atom stereocenters. The Morgan fingerprint density at radius 2 is 0.968 bits per heavy atom. The summed E-state index contributed by atoms with van der Waals surface area (Å²) in [6, 6.07) is 26.5. The van der Waals surface area contributed by atoms with E-state index >= 15 is 0 Å². The first-order chi connectivity index (χ1) is 15.1. The summed E-state index contributed by atoms with van der Waals surface area (Å²) >= 11 is 0. The third-order valence-corrected chi connectivity index (χ3v) is 5.59. The van der Waals surface area contributed by atoms with Crippen LogP contribution in [0, 0.1) is 0 Å². The van der Waals surface area contributed by atoms with Crippen LogP contribution in [-0.4, -0.2) is 21.1 Å². The summed E-state index contributed by atoms with van der Waals surface area (Å²) in [5, 5.41) is 31.3. The number of hydrogen-bond donors (Lipinski definition) is 3. The van der Waals surface area contributed by atoms with E-state index in [1.165, 1.54) is 0 Å². The molecule has 0 saturated heterocycles. The first-order valence-corrected chi connectivity index (χ1v) is 9.85. The van der Waals surface area contributed by atoms with E-state index in [0.717, 1.165) is 11.1 Å². The van der Waals surface area contributed by atoms with Crippen molar-refractivity contribution in [2.75, 3.05) is 0 Å². The quantitative estimate of drug-likeness (QED) is 0.372. The molecule has 0 bridgehead atoms. The van der Waals surface area contributed by atoms with Crippen molar-refractivity contribution in [1.29, 1.82) is 0 Å². The van der Waals surface area contributed by atoms with Crippen molar-refractivity contribution in [3.63, 3.8) is 0 Å². The van der Waals surface area contributed by atoms with Crippen LogP contribution in [0.3, 0.4) is 0 Å². The Labute approximate surface area is 179 Å². The lowest BCUT2D eigenvalue weighted by atomic mass is 9.94. The Bertz CT molecular complexity index is 1340. The van der Waals surface area contributed by atoms with E-state index in [1.54, 1.807) is 30.3 Å². The van der Waals surface area contributed by atoms with E-state index in [9.17, 15) is 20.1 Å². The first-order valence-electron chi connectivity index (χ1n) is 9.85. The van der Waals surface area contributed by atoms with Crippen LogP contribution >= 0.6 is 0 Å². The van der Waals surface area contributed by atoms with Gasteiger partial charge < -0.3 is 15.3 Å². The topological polar surface area (TPSA) is 77.8 Å². The molecule has 5 rings (SSSR count). The molecule has 4 aromatic rings. The number of phenols is 3. The van der Waals surface area contributed by atoms with Crippen molar-refractivity contribution in [3.05, 3.63) is 102 Å². The second-order valence-electron chi connectivity index (χ2n) is 7.41. The number of phenolic OH excluding ortho intramolecular Hbond substituents is 3. The molecule has 0 aromatic heterocycles. The second-order valence-corrected chi connectivity index (χ2v) is 7.41. The van der Waals surface area contributed by atoms with Crippen molar-refractivity contribution in [2.24, 2.45) is 0 Å². The molecule has 0 spiro atoms. The lowest BCUT2D eigenvalue weighted by Gasteiger charge is -2.13. The van der Waals surface area contributed by atoms with Gasteiger partial charge in [-0.1, -0.05) is 84.9 Å². The van der Waals surface area contributed by atoms with Crippen LogP contribution in [0.1, 0.15) is 21.5 Å². The van der Waals surface area contributed by atoms with Crippen molar-refractivity contribution in [3.8, 4) is 39.5 Å². The van der Waals surface area contributed by atoms with Crippen LogP contribution in [0.15, 0.2) is 84.9 Å². The monoisotopic (exact) mass is 406 g/mol. The Kier molecular flexibility index (Phi) is 4.33. The van der Waals surface area contributed by atoms with Gasteiger partial charge in [0.2, 0.25) is 5.75 Å². The zero-order valence-electron chi connectivity index (χ0n) is 16.4. The van der Waals surface area contributed by atoms with Crippen molar-refractivity contribution in [2.45, 2.75) is 0 Å². The summed E-state index contributed by atoms with van der Waals surface area (Å²) in [5.74, 6) is -2.15. The van der Waals surface area contributed by atoms with Gasteiger partial charge in [0.25, 0.3) is 0 Å². The summed E-state index contributed by atoms with van der Waals surface area (Å²) in [6.45, 7) is 0. The van der Waals surface area contributed by atoms with Crippen LogP contribution < -0.4 is 0 Å². The lowest BCUT2D eigenvalue weighted by molar-refractivity contribution is 0.105. The summed E-state index contributed by atoms with van der Waals surface area (Å²) in [4.78, 5) is 13.2. The number of Topliss-reactive ketones (excluding diaryl/α,β-unsaturated/α-hetero) is 1. The van der Waals surface area contributed by atoms with E-state index in [2.05, 4.69) is 0 Å². The fourth-order valence-electron chi connectivity index (χ4n) is 4.03. The molecule has 0 unspecified atom stereocenters. The molecule has 4 nitrogen and oxygen atoms in total. The highest BCUT2D eigenvalue weighted by molar-refractivity contribution is 6.39. The lowest BCUT2D eigenvalue weighted by Crippen LogP contribution is -2.00. The van der Waals surface area contributed by atoms with E-state index < -0.39 is 23.0 Å². The van der Waals surface area contributed by atoms with Crippen molar-refractivity contribution >= 4 is 17.4 Å². The number of hydrogen-bond acceptors (Lipinski definition) is 4. The fraction of sp³-hybridized carbons (Fsp3) is 0. The molecule has 0 aliphatic heterocycles. The molecule has 1 aliphatic carbocycles. The summed E-state index contributed by atoms with van der Waals surface area (Å²) < 4.78 is 0. The number of fused-ring (bicyclic) bond motifs is 1. The zero-order valence-corrected chi connectivity index (χ0v) is 16.4. The minimum Gasteiger partial charge on any atom is -0.504 e. The van der Waals surface area contributed by atoms with E-state index in [4.69, 9.17) is 0 Å². The van der Waals surface area contributed by atoms with E-state index in [-0.39, 0.29) is 5.56 Å². The molecule has 4 heteroatoms. The smallest absolute Gasteiger partial charge is 0.201 e. The highest BCUT2D eigenvalue weighted by atomic mass is 16.3. The molecular formula is C27H18O4. The number of aromatic hydroxyl groups is 3. The van der Waals surface area contributed by atoms with Crippen LogP contribution in [0.25, 0.3) is 33.9 Å². The third-order valence-electron chi connectivity index (χ3n) is 5.59. The molecule has 3 N–H and O–H groups in total. The van der Waals surface area contributed by atoms with Crippen molar-refractivity contribution < 1.29 is 20.1 Å². The largest absolute Gasteiger partial charge is 0.504 e. The number of carbonyl (C=O) groups excluding carboxylic acids is 1. The van der Waals surface area contributed by atoms with Gasteiger partial charge in [-0.05, 0) is 28.3 Å². The van der Waals surface area contributed by atoms with Crippen LogP contribution in [-0.2, 0) is 0 Å². The Balaban J connectivity index is 1.64. The van der Waals surface area contributed by atoms with E-state index in [0.29, 0.717) is 27.8 Å². The van der Waals surface area contributed by atoms with Gasteiger partial charge in [-0.3, -0.25) is 4.79 Å². The summed E-state index contributed by atoms with van der Waals surface area (Å²) in [5.41, 5.74) is 4.53. The van der Waals surface area contributed by atoms with E-state index in [1.807, 2.05) is 60.7 Å². The predicted octanol–water partition coefficient (Wildman–Crippen LogP) is 5.87. The maximum atomic E-state index is 13.2. The Hall–Kier alpha value is -4.31. The average Bonchev–Trinajstić information content (AvgIpc) is 3.16. The van der Waals surface area contributed by atoms with Crippen LogP contribution in [0.4, 0.5) is 0 Å². The number of carbonyl (C=O) groups is 1. The molecule has 4 aromatic carbocycles. The number of allylic oxidation sites excluding steroid dienone is 1. The molecule has 0 amide bonds. The van der Waals surface area contributed by atoms with Gasteiger partial charge in [0, 0.05) is 16.7 Å². The number of rotatable bonds is 3. The van der Waals surface area contributed by atoms with Gasteiger partial charge in [0.1, 0.15) is 0 Å². The molecule has 1 aliphatic rings. The van der Waals surface area contributed by atoms with Gasteiger partial charge >= 0.3 is 0 Å². The van der Waals surface area contributed by atoms with Gasteiger partial charge in [-0.15, -0.1) is 0 Å². The maximum absolute atomic E-state index is 13.2. The van der Waals surface area contributed by atoms with Crippen LogP contribution in [0.5, 0.6) is 17.2 Å². The first kappa shape index (κ1) is 18.7. The predicted molar refractivity (Wildman–Crippen MR) is 121 cm³/mol. The van der Waals surface area contributed by atoms with Gasteiger partial charge in [0.15, 0.2) is 17.3 Å². The summed E-state index contributed by atoms with van der Waals surface area (Å²) in [7, 11) is 0. The standard InChI is InChI=1S/C27H18O4/c28-24-20(18-13-11-17(12-14-18)16-7-3-1-4-8-16)15-21-22(19-9-5-2-6-10-19)25(29)27(31)26(30)23(21)24/h1-15,29-31H. The molecule has 0 heterocycles. The maximum Gasteiger partial charge on any atom is 0.201 e. The number of ketones is 1. The van der Waals surface area contributed by atoms with Crippen molar-refractivity contribution in [1.82, 2.24) is 0 Å². The molecule has 0 saturated carbocycles. The molecule has 150 valence electrons. The highest BCUT2D eigenvalue weighted by Crippen LogP contribution is 2.52. The fourth-order valence-corrected chi connectivity index (χ4v) is 4.03. The zero-order chi connectivity index (χ0) is 21.5. The Morgan fingerprint density at radius 3 is 1.58 bits per heavy atom. The molecule has 0 fully saturated rings. The van der Waals surface area contributed by atoms with Gasteiger partial charge in [-0.2, -0.15) is 0 Å². The SMILES string of the molecule is O=C1C(c2ccc(-c3ccccc3)cc2)=Cc2c1c(O)c(O)c(O)c2-c1ccccc1. The number of benzene rings is 4. The highest BCUT2D eigenvalue weighted by Gasteiger charge is 2.33. The molecule has 31 heavy (non-hydrogen) atoms. The summed E-state index contributed by atoms with van der Waals surface area (Å²) in [6.07, 6.45) is 1.66. The average molecular weight is 406 g/mol. The molecule has 0 radical (unpaired) electrons. The van der Waals surface area contributed by atoms with Crippen LogP contribution in [0.2, 0.25) is 0 Å². The second kappa shape index (κ2) is 7.18. The van der Waals surface area contributed by atoms with Gasteiger partial charge in [-0.25, -0.2) is 0 Å². The van der Waals surface area contributed by atoms with Gasteiger partial charge in [0.05, 0.1) is 5.56 Å².